The van der Waals surface area contributed by atoms with Gasteiger partial charge in [-0.15, -0.1) is 0 Å². The van der Waals surface area contributed by atoms with E-state index < -0.39 is 42.3 Å². The summed E-state index contributed by atoms with van der Waals surface area (Å²) in [7, 11) is 0. The van der Waals surface area contributed by atoms with Crippen molar-refractivity contribution < 1.29 is 24.6 Å². The minimum atomic E-state index is -1.15. The number of aliphatic carboxylic acids is 2. The Morgan fingerprint density at radius 2 is 2.00 bits per heavy atom. The zero-order chi connectivity index (χ0) is 13.2. The van der Waals surface area contributed by atoms with Crippen molar-refractivity contribution in [3.05, 3.63) is 0 Å². The van der Waals surface area contributed by atoms with Crippen molar-refractivity contribution in [2.45, 2.75) is 31.8 Å². The smallest absolute Gasteiger partial charge is 0.308 e. The molecule has 1 amide bonds. The molecule has 17 heavy (non-hydrogen) atoms. The molecule has 3 unspecified atom stereocenters. The summed E-state index contributed by atoms with van der Waals surface area (Å²) in [6.45, 7) is 1.95. The Morgan fingerprint density at radius 1 is 1.41 bits per heavy atom. The first kappa shape index (κ1) is 13.4. The van der Waals surface area contributed by atoms with E-state index >= 15 is 0 Å². The van der Waals surface area contributed by atoms with Gasteiger partial charge in [-0.05, 0) is 13.3 Å². The van der Waals surface area contributed by atoms with Crippen molar-refractivity contribution >= 4 is 17.8 Å². The summed E-state index contributed by atoms with van der Waals surface area (Å²) in [6, 6.07) is -1.55. The second kappa shape index (κ2) is 5.13. The number of nitrogens with two attached hydrogens (primary N) is 1. The van der Waals surface area contributed by atoms with E-state index in [4.69, 9.17) is 15.9 Å². The zero-order valence-corrected chi connectivity index (χ0v) is 9.50. The first-order valence-corrected chi connectivity index (χ1v) is 5.35. The maximum absolute atomic E-state index is 11.8. The van der Waals surface area contributed by atoms with E-state index in [0.29, 0.717) is 13.0 Å². The van der Waals surface area contributed by atoms with Crippen LogP contribution in [0.4, 0.5) is 0 Å². The molecule has 1 rings (SSSR count). The number of carboxylic acid groups (broad SMARTS) is 2. The summed E-state index contributed by atoms with van der Waals surface area (Å²) in [6.07, 6.45) is -0.0676. The second-order valence-corrected chi connectivity index (χ2v) is 4.21. The van der Waals surface area contributed by atoms with Crippen LogP contribution in [0.25, 0.3) is 0 Å². The maximum atomic E-state index is 11.8. The SMILES string of the molecule is CC1C(C(=O)O)CCN1C(=O)C(N)CC(=O)O. The number of likely N-dealkylation sites (tertiary alicyclic amines) is 1. The quantitative estimate of drug-likeness (QED) is 0.590. The molecule has 0 radical (unpaired) electrons. The third kappa shape index (κ3) is 2.94. The molecule has 0 aromatic rings. The summed E-state index contributed by atoms with van der Waals surface area (Å²) in [5.74, 6) is -3.19. The molecule has 3 atom stereocenters. The largest absolute Gasteiger partial charge is 0.481 e. The number of rotatable bonds is 4. The molecule has 4 N–H and O–H groups in total. The number of carbonyl (C=O) groups excluding carboxylic acids is 1. The van der Waals surface area contributed by atoms with Crippen LogP contribution in [0.2, 0.25) is 0 Å². The Morgan fingerprint density at radius 3 is 2.41 bits per heavy atom. The van der Waals surface area contributed by atoms with Gasteiger partial charge in [-0.2, -0.15) is 0 Å². The van der Waals surface area contributed by atoms with Gasteiger partial charge in [0.2, 0.25) is 5.91 Å². The molecule has 0 spiro atoms. The van der Waals surface area contributed by atoms with E-state index in [1.54, 1.807) is 6.92 Å². The summed E-state index contributed by atoms with van der Waals surface area (Å²) in [4.78, 5) is 34.5. The van der Waals surface area contributed by atoms with E-state index in [0.717, 1.165) is 0 Å². The average Bonchev–Trinajstić information content (AvgIpc) is 2.57. The van der Waals surface area contributed by atoms with Crippen molar-refractivity contribution in [1.29, 1.82) is 0 Å². The summed E-state index contributed by atoms with van der Waals surface area (Å²) in [5.41, 5.74) is 5.46. The second-order valence-electron chi connectivity index (χ2n) is 4.21. The van der Waals surface area contributed by atoms with Crippen molar-refractivity contribution in [3.63, 3.8) is 0 Å². The fourth-order valence-corrected chi connectivity index (χ4v) is 2.07. The molecule has 1 saturated heterocycles. The highest BCUT2D eigenvalue weighted by molar-refractivity contribution is 5.87. The van der Waals surface area contributed by atoms with Crippen molar-refractivity contribution in [1.82, 2.24) is 4.90 Å². The van der Waals surface area contributed by atoms with E-state index in [2.05, 4.69) is 0 Å². The third-order valence-corrected chi connectivity index (χ3v) is 3.07. The fourth-order valence-electron chi connectivity index (χ4n) is 2.07. The van der Waals surface area contributed by atoms with Crippen LogP contribution in [-0.4, -0.2) is 51.6 Å². The van der Waals surface area contributed by atoms with Crippen molar-refractivity contribution in [3.8, 4) is 0 Å². The topological polar surface area (TPSA) is 121 Å². The van der Waals surface area contributed by atoms with Crippen molar-refractivity contribution in [2.75, 3.05) is 6.54 Å². The first-order chi connectivity index (χ1) is 7.84. The summed E-state index contributed by atoms with van der Waals surface area (Å²) < 4.78 is 0. The Kier molecular flexibility index (Phi) is 4.06. The maximum Gasteiger partial charge on any atom is 0.308 e. The van der Waals surface area contributed by atoms with Gasteiger partial charge in [-0.25, -0.2) is 0 Å². The van der Waals surface area contributed by atoms with Crippen LogP contribution in [0.15, 0.2) is 0 Å². The van der Waals surface area contributed by atoms with Crippen LogP contribution in [-0.2, 0) is 14.4 Å². The summed E-state index contributed by atoms with van der Waals surface area (Å²) in [5, 5.41) is 17.4. The molecule has 0 aromatic carbocycles. The molecule has 1 heterocycles. The molecule has 1 aliphatic heterocycles. The lowest BCUT2D eigenvalue weighted by molar-refractivity contribution is -0.145. The number of carboxylic acids is 2. The Hall–Kier alpha value is -1.63. The lowest BCUT2D eigenvalue weighted by atomic mass is 10.0. The van der Waals surface area contributed by atoms with Gasteiger partial charge in [0, 0.05) is 12.6 Å². The molecule has 0 bridgehead atoms. The molecule has 7 heteroatoms. The predicted molar refractivity (Wildman–Crippen MR) is 57.1 cm³/mol. The highest BCUT2D eigenvalue weighted by atomic mass is 16.4. The molecule has 0 aliphatic carbocycles. The van der Waals surface area contributed by atoms with Crippen LogP contribution in [0.1, 0.15) is 19.8 Å². The zero-order valence-electron chi connectivity index (χ0n) is 9.50. The van der Waals surface area contributed by atoms with Gasteiger partial charge in [0.1, 0.15) is 0 Å². The van der Waals surface area contributed by atoms with E-state index in [-0.39, 0.29) is 0 Å². The molecule has 0 aromatic heterocycles. The van der Waals surface area contributed by atoms with Gasteiger partial charge in [-0.3, -0.25) is 14.4 Å². The van der Waals surface area contributed by atoms with Crippen LogP contribution < -0.4 is 5.73 Å². The third-order valence-electron chi connectivity index (χ3n) is 3.07. The van der Waals surface area contributed by atoms with Gasteiger partial charge in [-0.1, -0.05) is 0 Å². The van der Waals surface area contributed by atoms with Gasteiger partial charge in [0.15, 0.2) is 0 Å². The molecular weight excluding hydrogens is 228 g/mol. The molecule has 1 fully saturated rings. The van der Waals surface area contributed by atoms with Crippen LogP contribution >= 0.6 is 0 Å². The molecule has 7 nitrogen and oxygen atoms in total. The number of hydrogen-bond donors (Lipinski definition) is 3. The van der Waals surface area contributed by atoms with Gasteiger partial charge in [0.25, 0.3) is 0 Å². The highest BCUT2D eigenvalue weighted by Gasteiger charge is 2.39. The van der Waals surface area contributed by atoms with Crippen molar-refractivity contribution in [2.24, 2.45) is 11.7 Å². The number of amides is 1. The lowest BCUT2D eigenvalue weighted by Crippen LogP contribution is -2.47. The van der Waals surface area contributed by atoms with E-state index in [1.807, 2.05) is 0 Å². The number of nitrogens with zero attached hydrogens (tertiary/aromatic N) is 1. The standard InChI is InChI=1S/C10H16N2O5/c1-5-6(10(16)17)2-3-12(5)9(15)7(11)4-8(13)14/h5-7H,2-4,11H2,1H3,(H,13,14)(H,16,17). The van der Waals surface area contributed by atoms with Crippen LogP contribution in [0.3, 0.4) is 0 Å². The monoisotopic (exact) mass is 244 g/mol. The first-order valence-electron chi connectivity index (χ1n) is 5.35. The van der Waals surface area contributed by atoms with Crippen LogP contribution in [0.5, 0.6) is 0 Å². The van der Waals surface area contributed by atoms with Gasteiger partial charge >= 0.3 is 11.9 Å². The lowest BCUT2D eigenvalue weighted by Gasteiger charge is -2.25. The average molecular weight is 244 g/mol. The van der Waals surface area contributed by atoms with Crippen LogP contribution in [0, 0.1) is 5.92 Å². The van der Waals surface area contributed by atoms with Gasteiger partial charge < -0.3 is 20.8 Å². The normalized spacial score (nSPS) is 25.6. The van der Waals surface area contributed by atoms with E-state index in [1.165, 1.54) is 4.90 Å². The minimum Gasteiger partial charge on any atom is -0.481 e. The fraction of sp³-hybridized carbons (Fsp3) is 0.700. The number of hydrogen-bond acceptors (Lipinski definition) is 4. The molecule has 96 valence electrons. The highest BCUT2D eigenvalue weighted by Crippen LogP contribution is 2.24. The van der Waals surface area contributed by atoms with Gasteiger partial charge in [0.05, 0.1) is 18.4 Å². The Labute approximate surface area is 98.2 Å². The Balaban J connectivity index is 2.65. The summed E-state index contributed by atoms with van der Waals surface area (Å²) >= 11 is 0. The molecular formula is C10H16N2O5. The molecule has 0 saturated carbocycles. The minimum absolute atomic E-state index is 0.310. The molecule has 1 aliphatic rings. The predicted octanol–water partition coefficient (Wildman–Crippen LogP) is -0.890. The number of carbonyl (C=O) groups is 3. The van der Waals surface area contributed by atoms with E-state index in [9.17, 15) is 14.4 Å². The Bertz CT molecular complexity index is 344.